The number of phenols is 1. The maximum absolute atomic E-state index is 10.3. The summed E-state index contributed by atoms with van der Waals surface area (Å²) in [6, 6.07) is 23.1. The summed E-state index contributed by atoms with van der Waals surface area (Å²) >= 11 is 5.12. The van der Waals surface area contributed by atoms with Gasteiger partial charge in [-0.1, -0.05) is 48.2 Å². The van der Waals surface area contributed by atoms with Crippen LogP contribution in [0.15, 0.2) is 82.4 Å². The van der Waals surface area contributed by atoms with Crippen LogP contribution in [0.3, 0.4) is 0 Å². The van der Waals surface area contributed by atoms with E-state index in [1.165, 1.54) is 0 Å². The Morgan fingerprint density at radius 3 is 2.48 bits per heavy atom. The van der Waals surface area contributed by atoms with Crippen molar-refractivity contribution in [3.8, 4) is 28.6 Å². The molecule has 146 valence electrons. The topological polar surface area (TPSA) is 60.2 Å². The SMILES string of the molecule is COc1ccc(CSc2nnc(-c3ccccc3O)n2-c2ccccc2)cc1Br. The number of ether oxygens (including phenoxy) is 1. The fraction of sp³-hybridized carbons (Fsp3) is 0.0909. The minimum absolute atomic E-state index is 0.174. The predicted molar refractivity (Wildman–Crippen MR) is 119 cm³/mol. The van der Waals surface area contributed by atoms with Gasteiger partial charge in [-0.15, -0.1) is 10.2 Å². The number of nitrogens with zero attached hydrogens (tertiary/aromatic N) is 3. The first-order valence-electron chi connectivity index (χ1n) is 8.92. The lowest BCUT2D eigenvalue weighted by atomic mass is 10.2. The van der Waals surface area contributed by atoms with Crippen LogP contribution in [0.4, 0.5) is 0 Å². The standard InChI is InChI=1S/C22H18BrN3O2S/c1-28-20-12-11-15(13-18(20)23)14-29-22-25-24-21(17-9-5-6-10-19(17)27)26(22)16-7-3-2-4-8-16/h2-13,27H,14H2,1H3. The van der Waals surface area contributed by atoms with Gasteiger partial charge in [-0.2, -0.15) is 0 Å². The largest absolute Gasteiger partial charge is 0.507 e. The second-order valence-electron chi connectivity index (χ2n) is 6.25. The van der Waals surface area contributed by atoms with E-state index in [9.17, 15) is 5.11 Å². The van der Waals surface area contributed by atoms with E-state index in [1.807, 2.05) is 65.2 Å². The molecular weight excluding hydrogens is 450 g/mol. The van der Waals surface area contributed by atoms with Crippen LogP contribution in [0.5, 0.6) is 11.5 Å². The monoisotopic (exact) mass is 467 g/mol. The Morgan fingerprint density at radius 2 is 1.76 bits per heavy atom. The number of rotatable bonds is 6. The van der Waals surface area contributed by atoms with E-state index >= 15 is 0 Å². The second-order valence-corrected chi connectivity index (χ2v) is 8.05. The average Bonchev–Trinajstić information content (AvgIpc) is 3.17. The summed E-state index contributed by atoms with van der Waals surface area (Å²) in [6.07, 6.45) is 0. The number of methoxy groups -OCH3 is 1. The zero-order valence-electron chi connectivity index (χ0n) is 15.6. The molecule has 1 N–H and O–H groups in total. The number of halogens is 1. The molecule has 7 heteroatoms. The number of benzene rings is 3. The fourth-order valence-electron chi connectivity index (χ4n) is 2.96. The predicted octanol–water partition coefficient (Wildman–Crippen LogP) is 5.70. The van der Waals surface area contributed by atoms with Crippen molar-refractivity contribution < 1.29 is 9.84 Å². The highest BCUT2D eigenvalue weighted by Crippen LogP contribution is 2.34. The van der Waals surface area contributed by atoms with Crippen LogP contribution < -0.4 is 4.74 Å². The minimum atomic E-state index is 0.174. The van der Waals surface area contributed by atoms with Gasteiger partial charge in [0.15, 0.2) is 11.0 Å². The summed E-state index contributed by atoms with van der Waals surface area (Å²) in [5, 5.41) is 19.9. The number of hydrogen-bond donors (Lipinski definition) is 1. The van der Waals surface area contributed by atoms with Crippen molar-refractivity contribution in [1.82, 2.24) is 14.8 Å². The lowest BCUT2D eigenvalue weighted by molar-refractivity contribution is 0.412. The maximum Gasteiger partial charge on any atom is 0.196 e. The molecule has 0 amide bonds. The molecule has 0 unspecified atom stereocenters. The maximum atomic E-state index is 10.3. The number of phenolic OH excluding ortho intramolecular Hbond substituents is 1. The molecule has 0 spiro atoms. The molecular formula is C22H18BrN3O2S. The second kappa shape index (κ2) is 8.71. The van der Waals surface area contributed by atoms with Crippen LogP contribution in [0.1, 0.15) is 5.56 Å². The van der Waals surface area contributed by atoms with Gasteiger partial charge in [0.25, 0.3) is 0 Å². The summed E-state index contributed by atoms with van der Waals surface area (Å²) < 4.78 is 8.18. The van der Waals surface area contributed by atoms with Gasteiger partial charge in [-0.3, -0.25) is 4.57 Å². The Kier molecular flexibility index (Phi) is 5.87. The Bertz CT molecular complexity index is 1130. The van der Waals surface area contributed by atoms with E-state index < -0.39 is 0 Å². The molecule has 1 heterocycles. The zero-order valence-corrected chi connectivity index (χ0v) is 18.0. The van der Waals surface area contributed by atoms with Gasteiger partial charge in [0, 0.05) is 11.4 Å². The Morgan fingerprint density at radius 1 is 1.00 bits per heavy atom. The minimum Gasteiger partial charge on any atom is -0.507 e. The molecule has 0 saturated carbocycles. The van der Waals surface area contributed by atoms with Crippen molar-refractivity contribution in [2.75, 3.05) is 7.11 Å². The molecule has 0 aliphatic carbocycles. The molecule has 0 saturated heterocycles. The highest BCUT2D eigenvalue weighted by Gasteiger charge is 2.18. The van der Waals surface area contributed by atoms with Gasteiger partial charge >= 0.3 is 0 Å². The smallest absolute Gasteiger partial charge is 0.196 e. The summed E-state index contributed by atoms with van der Waals surface area (Å²) in [5.74, 6) is 2.29. The van der Waals surface area contributed by atoms with Crippen molar-refractivity contribution >= 4 is 27.7 Å². The Hall–Kier alpha value is -2.77. The van der Waals surface area contributed by atoms with E-state index in [1.54, 1.807) is 31.0 Å². The zero-order chi connectivity index (χ0) is 20.2. The highest BCUT2D eigenvalue weighted by molar-refractivity contribution is 9.10. The van der Waals surface area contributed by atoms with Crippen LogP contribution in [0.2, 0.25) is 0 Å². The Balaban J connectivity index is 1.70. The number of aromatic hydroxyl groups is 1. The van der Waals surface area contributed by atoms with E-state index in [0.29, 0.717) is 17.1 Å². The lowest BCUT2D eigenvalue weighted by Crippen LogP contribution is -1.99. The first-order chi connectivity index (χ1) is 14.2. The summed E-state index contributed by atoms with van der Waals surface area (Å²) in [6.45, 7) is 0. The van der Waals surface area contributed by atoms with Crippen molar-refractivity contribution in [3.63, 3.8) is 0 Å². The van der Waals surface area contributed by atoms with E-state index in [2.05, 4.69) is 26.1 Å². The van der Waals surface area contributed by atoms with Crippen molar-refractivity contribution in [2.45, 2.75) is 10.9 Å². The van der Waals surface area contributed by atoms with Crippen molar-refractivity contribution in [3.05, 3.63) is 82.8 Å². The van der Waals surface area contributed by atoms with Crippen LogP contribution in [-0.4, -0.2) is 27.0 Å². The van der Waals surface area contributed by atoms with Gasteiger partial charge in [0.05, 0.1) is 17.1 Å². The van der Waals surface area contributed by atoms with E-state index in [-0.39, 0.29) is 5.75 Å². The number of para-hydroxylation sites is 2. The molecule has 29 heavy (non-hydrogen) atoms. The van der Waals surface area contributed by atoms with Crippen LogP contribution in [0.25, 0.3) is 17.1 Å². The normalized spacial score (nSPS) is 10.8. The number of aromatic nitrogens is 3. The first kappa shape index (κ1) is 19.5. The third kappa shape index (κ3) is 4.16. The van der Waals surface area contributed by atoms with Gasteiger partial charge in [0.1, 0.15) is 11.5 Å². The molecule has 0 bridgehead atoms. The van der Waals surface area contributed by atoms with Crippen LogP contribution in [0, 0.1) is 0 Å². The van der Waals surface area contributed by atoms with Crippen molar-refractivity contribution in [1.29, 1.82) is 0 Å². The van der Waals surface area contributed by atoms with Gasteiger partial charge in [-0.25, -0.2) is 0 Å². The highest BCUT2D eigenvalue weighted by atomic mass is 79.9. The van der Waals surface area contributed by atoms with Crippen LogP contribution >= 0.6 is 27.7 Å². The molecule has 0 fully saturated rings. The molecule has 0 radical (unpaired) electrons. The van der Waals surface area contributed by atoms with Gasteiger partial charge in [0.2, 0.25) is 0 Å². The molecule has 4 rings (SSSR count). The first-order valence-corrected chi connectivity index (χ1v) is 10.7. The van der Waals surface area contributed by atoms with E-state index in [4.69, 9.17) is 4.74 Å². The molecule has 1 aromatic heterocycles. The molecule has 5 nitrogen and oxygen atoms in total. The quantitative estimate of drug-likeness (QED) is 0.368. The van der Waals surface area contributed by atoms with Gasteiger partial charge in [-0.05, 0) is 57.9 Å². The lowest BCUT2D eigenvalue weighted by Gasteiger charge is -2.11. The number of hydrogen-bond acceptors (Lipinski definition) is 5. The molecule has 0 atom stereocenters. The Labute approximate surface area is 181 Å². The fourth-order valence-corrected chi connectivity index (χ4v) is 4.44. The molecule has 4 aromatic rings. The third-order valence-electron chi connectivity index (χ3n) is 4.38. The van der Waals surface area contributed by atoms with Gasteiger partial charge < -0.3 is 9.84 Å². The molecule has 0 aliphatic rings. The molecule has 0 aliphatic heterocycles. The number of thioether (sulfide) groups is 1. The average molecular weight is 468 g/mol. The van der Waals surface area contributed by atoms with Crippen LogP contribution in [-0.2, 0) is 5.75 Å². The molecule has 3 aromatic carbocycles. The third-order valence-corrected chi connectivity index (χ3v) is 6.00. The summed E-state index contributed by atoms with van der Waals surface area (Å²) in [5.41, 5.74) is 2.71. The van der Waals surface area contributed by atoms with Crippen molar-refractivity contribution in [2.24, 2.45) is 0 Å². The summed E-state index contributed by atoms with van der Waals surface area (Å²) in [7, 11) is 1.65. The van der Waals surface area contributed by atoms with E-state index in [0.717, 1.165) is 26.6 Å². The summed E-state index contributed by atoms with van der Waals surface area (Å²) in [4.78, 5) is 0.